The number of benzene rings is 1. The topological polar surface area (TPSA) is 57.6 Å². The summed E-state index contributed by atoms with van der Waals surface area (Å²) in [4.78, 5) is 25.7. The smallest absolute Gasteiger partial charge is 0.308 e. The number of carboxylic acids is 1. The number of likely N-dealkylation sites (tertiary alicyclic amines) is 1. The van der Waals surface area contributed by atoms with Crippen molar-refractivity contribution in [3.05, 3.63) is 34.9 Å². The van der Waals surface area contributed by atoms with Crippen LogP contribution in [0, 0.1) is 5.92 Å². The Morgan fingerprint density at radius 1 is 1.24 bits per heavy atom. The van der Waals surface area contributed by atoms with Crippen LogP contribution in [0.3, 0.4) is 0 Å². The number of hydrogen-bond acceptors (Lipinski definition) is 2. The molecule has 0 radical (unpaired) electrons. The summed E-state index contributed by atoms with van der Waals surface area (Å²) in [6.45, 7) is 1.00. The van der Waals surface area contributed by atoms with Gasteiger partial charge in [-0.15, -0.1) is 0 Å². The lowest BCUT2D eigenvalue weighted by Crippen LogP contribution is -2.46. The molecule has 1 aliphatic heterocycles. The largest absolute Gasteiger partial charge is 0.481 e. The van der Waals surface area contributed by atoms with Crippen LogP contribution < -0.4 is 0 Å². The average molecular weight is 308 g/mol. The number of rotatable bonds is 3. The van der Waals surface area contributed by atoms with Crippen molar-refractivity contribution >= 4 is 23.5 Å². The lowest BCUT2D eigenvalue weighted by Gasteiger charge is -2.33. The monoisotopic (exact) mass is 307 g/mol. The maximum atomic E-state index is 12.8. The van der Waals surface area contributed by atoms with Gasteiger partial charge in [0.15, 0.2) is 0 Å². The number of amides is 1. The first kappa shape index (κ1) is 14.4. The zero-order chi connectivity index (χ0) is 15.0. The molecule has 1 aliphatic carbocycles. The lowest BCUT2D eigenvalue weighted by atomic mass is 9.91. The van der Waals surface area contributed by atoms with Crippen molar-refractivity contribution < 1.29 is 14.7 Å². The fourth-order valence-electron chi connectivity index (χ4n) is 3.19. The van der Waals surface area contributed by atoms with E-state index in [2.05, 4.69) is 0 Å². The average Bonchev–Trinajstić information content (AvgIpc) is 3.29. The molecule has 1 N–H and O–H groups in total. The van der Waals surface area contributed by atoms with Crippen LogP contribution in [-0.4, -0.2) is 35.0 Å². The first-order valence-electron chi connectivity index (χ1n) is 7.31. The van der Waals surface area contributed by atoms with Gasteiger partial charge in [-0.25, -0.2) is 0 Å². The van der Waals surface area contributed by atoms with Gasteiger partial charge in [0, 0.05) is 18.1 Å². The van der Waals surface area contributed by atoms with E-state index in [0.717, 1.165) is 24.8 Å². The van der Waals surface area contributed by atoms with Crippen LogP contribution >= 0.6 is 11.6 Å². The predicted octanol–water partition coefficient (Wildman–Crippen LogP) is 2.69. The van der Waals surface area contributed by atoms with E-state index in [4.69, 9.17) is 16.7 Å². The molecule has 1 heterocycles. The minimum absolute atomic E-state index is 0.0794. The van der Waals surface area contributed by atoms with Gasteiger partial charge in [-0.3, -0.25) is 9.59 Å². The van der Waals surface area contributed by atoms with E-state index < -0.39 is 17.3 Å². The van der Waals surface area contributed by atoms with Crippen LogP contribution in [0.1, 0.15) is 31.2 Å². The molecule has 0 spiro atoms. The zero-order valence-electron chi connectivity index (χ0n) is 11.7. The maximum absolute atomic E-state index is 12.8. The first-order chi connectivity index (χ1) is 10.0. The fourth-order valence-corrected chi connectivity index (χ4v) is 3.31. The Morgan fingerprint density at radius 2 is 1.90 bits per heavy atom. The van der Waals surface area contributed by atoms with Crippen LogP contribution in [0.4, 0.5) is 0 Å². The van der Waals surface area contributed by atoms with Gasteiger partial charge in [0.1, 0.15) is 0 Å². The van der Waals surface area contributed by atoms with Crippen molar-refractivity contribution in [1.82, 2.24) is 4.90 Å². The highest BCUT2D eigenvalue weighted by molar-refractivity contribution is 6.30. The van der Waals surface area contributed by atoms with Crippen molar-refractivity contribution in [3.8, 4) is 0 Å². The summed E-state index contributed by atoms with van der Waals surface area (Å²) in [5.41, 5.74) is 0.555. The van der Waals surface area contributed by atoms with Gasteiger partial charge in [-0.1, -0.05) is 23.7 Å². The summed E-state index contributed by atoms with van der Waals surface area (Å²) in [7, 11) is 0. The summed E-state index contributed by atoms with van der Waals surface area (Å²) < 4.78 is 0. The molecular weight excluding hydrogens is 290 g/mol. The minimum Gasteiger partial charge on any atom is -0.481 e. The van der Waals surface area contributed by atoms with Crippen LogP contribution in [0.5, 0.6) is 0 Å². The molecule has 1 unspecified atom stereocenters. The molecule has 4 nitrogen and oxygen atoms in total. The number of aliphatic carboxylic acids is 1. The van der Waals surface area contributed by atoms with Crippen LogP contribution in [-0.2, 0) is 15.0 Å². The molecule has 0 aromatic heterocycles. The van der Waals surface area contributed by atoms with Gasteiger partial charge in [-0.2, -0.15) is 0 Å². The van der Waals surface area contributed by atoms with E-state index in [1.54, 1.807) is 17.0 Å². The highest BCUT2D eigenvalue weighted by Gasteiger charge is 2.53. The molecule has 1 amide bonds. The molecule has 2 aliphatic rings. The third-order valence-electron chi connectivity index (χ3n) is 4.61. The minimum atomic E-state index is -0.802. The number of piperidine rings is 1. The van der Waals surface area contributed by atoms with Gasteiger partial charge < -0.3 is 10.0 Å². The van der Waals surface area contributed by atoms with Crippen LogP contribution in [0.15, 0.2) is 24.3 Å². The van der Waals surface area contributed by atoms with Crippen LogP contribution in [0.2, 0.25) is 5.02 Å². The van der Waals surface area contributed by atoms with Crippen LogP contribution in [0.25, 0.3) is 0 Å². The van der Waals surface area contributed by atoms with Crippen molar-refractivity contribution in [2.24, 2.45) is 5.92 Å². The number of halogens is 1. The second kappa shape index (κ2) is 5.34. The zero-order valence-corrected chi connectivity index (χ0v) is 12.5. The van der Waals surface area contributed by atoms with E-state index in [0.29, 0.717) is 24.5 Å². The standard InChI is InChI=1S/C16H18ClNO3/c17-13-5-3-12(4-6-13)16(7-8-16)15(21)18-9-1-2-11(10-18)14(19)20/h3-6,11H,1-2,7-10H2,(H,19,20). The third-order valence-corrected chi connectivity index (χ3v) is 4.87. The Kier molecular flexibility index (Phi) is 3.66. The van der Waals surface area contributed by atoms with Gasteiger partial charge >= 0.3 is 5.97 Å². The predicted molar refractivity (Wildman–Crippen MR) is 79.3 cm³/mol. The molecule has 112 valence electrons. The fraction of sp³-hybridized carbons (Fsp3) is 0.500. The highest BCUT2D eigenvalue weighted by atomic mass is 35.5. The molecular formula is C16H18ClNO3. The van der Waals surface area contributed by atoms with Crippen molar-refractivity contribution in [2.45, 2.75) is 31.1 Å². The van der Waals surface area contributed by atoms with E-state index in [1.165, 1.54) is 0 Å². The summed E-state index contributed by atoms with van der Waals surface area (Å²) in [5, 5.41) is 9.81. The molecule has 1 atom stereocenters. The van der Waals surface area contributed by atoms with E-state index in [1.807, 2.05) is 12.1 Å². The van der Waals surface area contributed by atoms with E-state index in [9.17, 15) is 9.59 Å². The van der Waals surface area contributed by atoms with Crippen molar-refractivity contribution in [2.75, 3.05) is 13.1 Å². The second-order valence-electron chi connectivity index (χ2n) is 6.02. The van der Waals surface area contributed by atoms with Gasteiger partial charge in [0.2, 0.25) is 5.91 Å². The molecule has 1 aromatic carbocycles. The second-order valence-corrected chi connectivity index (χ2v) is 6.45. The normalized spacial score (nSPS) is 23.7. The van der Waals surface area contributed by atoms with E-state index in [-0.39, 0.29) is 5.91 Å². The molecule has 0 bridgehead atoms. The van der Waals surface area contributed by atoms with Crippen molar-refractivity contribution in [3.63, 3.8) is 0 Å². The number of carbonyl (C=O) groups excluding carboxylic acids is 1. The molecule has 2 fully saturated rings. The summed E-state index contributed by atoms with van der Waals surface area (Å²) in [6.07, 6.45) is 3.09. The van der Waals surface area contributed by atoms with Crippen molar-refractivity contribution in [1.29, 1.82) is 0 Å². The van der Waals surface area contributed by atoms with E-state index >= 15 is 0 Å². The summed E-state index contributed by atoms with van der Waals surface area (Å²) in [6, 6.07) is 7.43. The molecule has 1 saturated carbocycles. The Morgan fingerprint density at radius 3 is 2.48 bits per heavy atom. The Hall–Kier alpha value is -1.55. The number of nitrogens with zero attached hydrogens (tertiary/aromatic N) is 1. The first-order valence-corrected chi connectivity index (χ1v) is 7.69. The van der Waals surface area contributed by atoms with Gasteiger partial charge in [0.05, 0.1) is 11.3 Å². The Balaban J connectivity index is 1.78. The molecule has 1 saturated heterocycles. The SMILES string of the molecule is O=C(O)C1CCCN(C(=O)C2(c3ccc(Cl)cc3)CC2)C1. The number of carboxylic acid groups (broad SMARTS) is 1. The molecule has 21 heavy (non-hydrogen) atoms. The van der Waals surface area contributed by atoms with Gasteiger partial charge in [0.25, 0.3) is 0 Å². The number of hydrogen-bond donors (Lipinski definition) is 1. The van der Waals surface area contributed by atoms with Gasteiger partial charge in [-0.05, 0) is 43.4 Å². The highest BCUT2D eigenvalue weighted by Crippen LogP contribution is 2.50. The Bertz CT molecular complexity index is 565. The summed E-state index contributed by atoms with van der Waals surface area (Å²) in [5.74, 6) is -1.15. The molecule has 1 aromatic rings. The Labute approximate surface area is 128 Å². The third kappa shape index (κ3) is 2.64. The quantitative estimate of drug-likeness (QED) is 0.934. The molecule has 3 rings (SSSR count). The maximum Gasteiger partial charge on any atom is 0.308 e. The molecule has 5 heteroatoms. The number of carbonyl (C=O) groups is 2. The summed E-state index contributed by atoms with van der Waals surface area (Å²) >= 11 is 5.90. The lowest BCUT2D eigenvalue weighted by molar-refractivity contribution is -0.146.